The molecule has 1 heterocycles. The van der Waals surface area contributed by atoms with E-state index in [0.29, 0.717) is 6.61 Å². The second kappa shape index (κ2) is 6.87. The summed E-state index contributed by atoms with van der Waals surface area (Å²) in [4.78, 5) is 16.0. The molecule has 118 valence electrons. The zero-order chi connectivity index (χ0) is 16.2. The molecule has 0 unspecified atom stereocenters. The highest BCUT2D eigenvalue weighted by atomic mass is 32.2. The van der Waals surface area contributed by atoms with Gasteiger partial charge in [0.05, 0.1) is 18.1 Å². The SMILES string of the molecule is CCOC(=O)CSc1c(-c2ccc(F)cc2)[nH]c2ccccc12. The Morgan fingerprint density at radius 3 is 2.65 bits per heavy atom. The van der Waals surface area contributed by atoms with Gasteiger partial charge >= 0.3 is 5.97 Å². The van der Waals surface area contributed by atoms with Crippen LogP contribution in [0.5, 0.6) is 0 Å². The summed E-state index contributed by atoms with van der Waals surface area (Å²) in [6, 6.07) is 14.2. The number of carbonyl (C=O) groups is 1. The molecule has 3 aromatic rings. The van der Waals surface area contributed by atoms with E-state index in [9.17, 15) is 9.18 Å². The van der Waals surface area contributed by atoms with Crippen molar-refractivity contribution in [3.05, 3.63) is 54.3 Å². The Morgan fingerprint density at radius 1 is 1.17 bits per heavy atom. The van der Waals surface area contributed by atoms with Gasteiger partial charge in [-0.05, 0) is 42.8 Å². The van der Waals surface area contributed by atoms with E-state index in [1.54, 1.807) is 19.1 Å². The molecule has 3 nitrogen and oxygen atoms in total. The summed E-state index contributed by atoms with van der Waals surface area (Å²) in [6.45, 7) is 2.16. The van der Waals surface area contributed by atoms with E-state index in [1.165, 1.54) is 23.9 Å². The first-order chi connectivity index (χ1) is 11.2. The molecule has 0 aliphatic carbocycles. The van der Waals surface area contributed by atoms with E-state index in [2.05, 4.69) is 4.98 Å². The van der Waals surface area contributed by atoms with E-state index in [-0.39, 0.29) is 17.5 Å². The third-order valence-corrected chi connectivity index (χ3v) is 4.52. The quantitative estimate of drug-likeness (QED) is 0.548. The number of fused-ring (bicyclic) bond motifs is 1. The molecule has 0 aliphatic rings. The minimum atomic E-state index is -0.273. The monoisotopic (exact) mass is 329 g/mol. The number of para-hydroxylation sites is 1. The maximum absolute atomic E-state index is 13.2. The topological polar surface area (TPSA) is 42.1 Å². The number of ether oxygens (including phenoxy) is 1. The number of esters is 1. The van der Waals surface area contributed by atoms with Gasteiger partial charge in [-0.1, -0.05) is 18.2 Å². The highest BCUT2D eigenvalue weighted by molar-refractivity contribution is 8.00. The van der Waals surface area contributed by atoms with Gasteiger partial charge in [0.2, 0.25) is 0 Å². The lowest BCUT2D eigenvalue weighted by molar-refractivity contribution is -0.139. The molecule has 1 aromatic heterocycles. The Hall–Kier alpha value is -2.27. The second-order valence-corrected chi connectivity index (χ2v) is 5.96. The normalized spacial score (nSPS) is 10.9. The summed E-state index contributed by atoms with van der Waals surface area (Å²) in [5.41, 5.74) is 2.76. The number of nitrogens with one attached hydrogen (secondary N) is 1. The highest BCUT2D eigenvalue weighted by Crippen LogP contribution is 2.37. The van der Waals surface area contributed by atoms with Crippen LogP contribution in [0.25, 0.3) is 22.2 Å². The molecule has 0 amide bonds. The van der Waals surface area contributed by atoms with Crippen LogP contribution in [0.4, 0.5) is 4.39 Å². The van der Waals surface area contributed by atoms with Crippen molar-refractivity contribution in [3.8, 4) is 11.3 Å². The van der Waals surface area contributed by atoms with E-state index in [0.717, 1.165) is 27.1 Å². The predicted octanol–water partition coefficient (Wildman–Crippen LogP) is 4.63. The molecule has 0 radical (unpaired) electrons. The lowest BCUT2D eigenvalue weighted by Gasteiger charge is -2.05. The van der Waals surface area contributed by atoms with Crippen molar-refractivity contribution in [1.82, 2.24) is 4.98 Å². The molecule has 3 rings (SSSR count). The summed E-state index contributed by atoms with van der Waals surface area (Å²) in [5, 5.41) is 1.04. The molecule has 0 saturated carbocycles. The van der Waals surface area contributed by atoms with Crippen LogP contribution in [0.15, 0.2) is 53.4 Å². The molecule has 5 heteroatoms. The molecule has 0 atom stereocenters. The van der Waals surface area contributed by atoms with Crippen LogP contribution in [0.1, 0.15) is 6.92 Å². The van der Waals surface area contributed by atoms with Crippen LogP contribution in [0, 0.1) is 5.82 Å². The number of H-pyrrole nitrogens is 1. The van der Waals surface area contributed by atoms with Crippen LogP contribution >= 0.6 is 11.8 Å². The number of benzene rings is 2. The third-order valence-electron chi connectivity index (χ3n) is 3.43. The third kappa shape index (κ3) is 3.40. The first kappa shape index (κ1) is 15.6. The number of carbonyl (C=O) groups excluding carboxylic acids is 1. The molecule has 0 fully saturated rings. The number of aromatic nitrogens is 1. The Bertz CT molecular complexity index is 827. The van der Waals surface area contributed by atoms with Gasteiger partial charge < -0.3 is 9.72 Å². The minimum Gasteiger partial charge on any atom is -0.465 e. The summed E-state index contributed by atoms with van der Waals surface area (Å²) in [6.07, 6.45) is 0. The Labute approximate surface area is 137 Å². The molecule has 0 aliphatic heterocycles. The van der Waals surface area contributed by atoms with Crippen LogP contribution in [0.2, 0.25) is 0 Å². The van der Waals surface area contributed by atoms with Gasteiger partial charge in [-0.3, -0.25) is 4.79 Å². The first-order valence-corrected chi connectivity index (χ1v) is 8.32. The fraction of sp³-hybridized carbons (Fsp3) is 0.167. The fourth-order valence-electron chi connectivity index (χ4n) is 2.42. The van der Waals surface area contributed by atoms with Gasteiger partial charge in [-0.25, -0.2) is 4.39 Å². The Kier molecular flexibility index (Phi) is 4.67. The summed E-state index contributed by atoms with van der Waals surface area (Å²) < 4.78 is 18.2. The number of hydrogen-bond donors (Lipinski definition) is 1. The van der Waals surface area contributed by atoms with E-state index in [1.807, 2.05) is 24.3 Å². The van der Waals surface area contributed by atoms with E-state index in [4.69, 9.17) is 4.74 Å². The van der Waals surface area contributed by atoms with Crippen molar-refractivity contribution in [1.29, 1.82) is 0 Å². The van der Waals surface area contributed by atoms with Crippen LogP contribution < -0.4 is 0 Å². The predicted molar refractivity (Wildman–Crippen MR) is 91.0 cm³/mol. The van der Waals surface area contributed by atoms with Crippen LogP contribution in [-0.2, 0) is 9.53 Å². The summed E-state index contributed by atoms with van der Waals surface area (Å²) in [5.74, 6) is -0.275. The van der Waals surface area contributed by atoms with E-state index >= 15 is 0 Å². The standard InChI is InChI=1S/C18H16FNO2S/c1-2-22-16(21)11-23-18-14-5-3-4-6-15(14)20-17(18)12-7-9-13(19)10-8-12/h3-10,20H,2,11H2,1H3. The van der Waals surface area contributed by atoms with Gasteiger partial charge in [-0.15, -0.1) is 11.8 Å². The first-order valence-electron chi connectivity index (χ1n) is 7.34. The second-order valence-electron chi connectivity index (χ2n) is 4.98. The zero-order valence-corrected chi connectivity index (χ0v) is 13.5. The van der Waals surface area contributed by atoms with Crippen molar-refractivity contribution < 1.29 is 13.9 Å². The van der Waals surface area contributed by atoms with Gasteiger partial charge in [0.25, 0.3) is 0 Å². The molecule has 0 bridgehead atoms. The zero-order valence-electron chi connectivity index (χ0n) is 12.6. The van der Waals surface area contributed by atoms with Crippen molar-refractivity contribution in [2.45, 2.75) is 11.8 Å². The average Bonchev–Trinajstić information content (AvgIpc) is 2.92. The van der Waals surface area contributed by atoms with Crippen molar-refractivity contribution in [3.63, 3.8) is 0 Å². The molecular formula is C18H16FNO2S. The van der Waals surface area contributed by atoms with Crippen molar-refractivity contribution in [2.75, 3.05) is 12.4 Å². The maximum Gasteiger partial charge on any atom is 0.316 e. The van der Waals surface area contributed by atoms with E-state index < -0.39 is 0 Å². The Morgan fingerprint density at radius 2 is 1.91 bits per heavy atom. The molecule has 2 aromatic carbocycles. The number of halogens is 1. The maximum atomic E-state index is 13.2. The van der Waals surface area contributed by atoms with Gasteiger partial charge in [0.15, 0.2) is 0 Å². The van der Waals surface area contributed by atoms with Crippen LogP contribution in [-0.4, -0.2) is 23.3 Å². The summed E-state index contributed by atoms with van der Waals surface area (Å²) in [7, 11) is 0. The minimum absolute atomic E-state index is 0.240. The summed E-state index contributed by atoms with van der Waals surface area (Å²) >= 11 is 1.43. The number of aromatic amines is 1. The largest absolute Gasteiger partial charge is 0.465 e. The smallest absolute Gasteiger partial charge is 0.316 e. The van der Waals surface area contributed by atoms with Crippen molar-refractivity contribution in [2.24, 2.45) is 0 Å². The molecular weight excluding hydrogens is 313 g/mol. The average molecular weight is 329 g/mol. The van der Waals surface area contributed by atoms with Crippen molar-refractivity contribution >= 4 is 28.6 Å². The number of hydrogen-bond acceptors (Lipinski definition) is 3. The van der Waals surface area contributed by atoms with Gasteiger partial charge in [0, 0.05) is 15.8 Å². The molecule has 0 spiro atoms. The Balaban J connectivity index is 2.01. The highest BCUT2D eigenvalue weighted by Gasteiger charge is 2.15. The van der Waals surface area contributed by atoms with Gasteiger partial charge in [-0.2, -0.15) is 0 Å². The molecule has 23 heavy (non-hydrogen) atoms. The van der Waals surface area contributed by atoms with Gasteiger partial charge in [0.1, 0.15) is 5.82 Å². The fourth-order valence-corrected chi connectivity index (χ4v) is 3.41. The lowest BCUT2D eigenvalue weighted by atomic mass is 10.1. The lowest BCUT2D eigenvalue weighted by Crippen LogP contribution is -2.06. The molecule has 0 saturated heterocycles. The van der Waals surface area contributed by atoms with Crippen LogP contribution in [0.3, 0.4) is 0 Å². The number of thioether (sulfide) groups is 1. The molecule has 1 N–H and O–H groups in total. The number of rotatable bonds is 5.